The molecule has 7 heteroatoms. The number of benzene rings is 3. The van der Waals surface area contributed by atoms with Crippen molar-refractivity contribution in [2.75, 3.05) is 0 Å². The van der Waals surface area contributed by atoms with E-state index < -0.39 is 28.9 Å². The Kier molecular flexibility index (Phi) is 6.19. The number of fused-ring (bicyclic) bond motifs is 1. The van der Waals surface area contributed by atoms with Crippen molar-refractivity contribution in [3.8, 4) is 17.2 Å². The Hall–Kier alpha value is -4.39. The summed E-state index contributed by atoms with van der Waals surface area (Å²) < 4.78 is 22.5. The molecule has 0 amide bonds. The number of hydrogen-bond donors (Lipinski definition) is 0. The molecule has 172 valence electrons. The monoisotopic (exact) mass is 458 g/mol. The molecule has 1 heterocycles. The minimum Gasteiger partial charge on any atom is -0.487 e. The maximum Gasteiger partial charge on any atom is 0.383 e. The van der Waals surface area contributed by atoms with Crippen LogP contribution in [-0.2, 0) is 0 Å². The van der Waals surface area contributed by atoms with Crippen molar-refractivity contribution in [1.29, 1.82) is 0 Å². The highest BCUT2D eigenvalue weighted by Crippen LogP contribution is 2.40. The smallest absolute Gasteiger partial charge is 0.383 e. The summed E-state index contributed by atoms with van der Waals surface area (Å²) in [6.45, 7) is 5.53. The van der Waals surface area contributed by atoms with Crippen LogP contribution in [0.1, 0.15) is 41.5 Å². The van der Waals surface area contributed by atoms with Gasteiger partial charge in [-0.05, 0) is 57.2 Å². The Morgan fingerprint density at radius 2 is 1.24 bits per heavy atom. The Morgan fingerprint density at radius 3 is 1.76 bits per heavy atom. The molecule has 0 radical (unpaired) electrons. The zero-order chi connectivity index (χ0) is 24.3. The molecule has 0 atom stereocenters. The molecule has 0 bridgehead atoms. The quantitative estimate of drug-likeness (QED) is 0.292. The molecule has 0 unspecified atom stereocenters. The lowest BCUT2D eigenvalue weighted by Crippen LogP contribution is -2.23. The van der Waals surface area contributed by atoms with Crippen LogP contribution in [0, 0.1) is 0 Å². The van der Waals surface area contributed by atoms with Gasteiger partial charge in [0.05, 0.1) is 11.1 Å². The van der Waals surface area contributed by atoms with Crippen LogP contribution in [0.15, 0.2) is 88.1 Å². The second-order valence-electron chi connectivity index (χ2n) is 8.40. The van der Waals surface area contributed by atoms with Gasteiger partial charge in [0.1, 0.15) is 22.3 Å². The zero-order valence-corrected chi connectivity index (χ0v) is 18.9. The second-order valence-corrected chi connectivity index (χ2v) is 8.40. The Bertz CT molecular complexity index is 1400. The summed E-state index contributed by atoms with van der Waals surface area (Å²) in [5.41, 5.74) is -1.02. The number of ether oxygens (including phenoxy) is 3. The van der Waals surface area contributed by atoms with Crippen molar-refractivity contribution in [3.05, 3.63) is 100 Å². The van der Waals surface area contributed by atoms with E-state index in [0.717, 1.165) is 0 Å². The van der Waals surface area contributed by atoms with Crippen LogP contribution in [-0.4, -0.2) is 17.5 Å². The first-order valence-corrected chi connectivity index (χ1v) is 10.6. The van der Waals surface area contributed by atoms with E-state index >= 15 is 0 Å². The summed E-state index contributed by atoms with van der Waals surface area (Å²) >= 11 is 0. The number of rotatable bonds is 5. The third-order valence-corrected chi connectivity index (χ3v) is 4.63. The van der Waals surface area contributed by atoms with Gasteiger partial charge in [-0.1, -0.05) is 42.5 Å². The van der Waals surface area contributed by atoms with Gasteiger partial charge in [0.25, 0.3) is 5.75 Å². The maximum absolute atomic E-state index is 12.9. The molecule has 3 aromatic carbocycles. The molecule has 0 aliphatic heterocycles. The predicted molar refractivity (Wildman–Crippen MR) is 126 cm³/mol. The lowest BCUT2D eigenvalue weighted by Gasteiger charge is -2.23. The molecule has 4 aromatic rings. The molecular weight excluding hydrogens is 436 g/mol. The predicted octanol–water partition coefficient (Wildman–Crippen LogP) is 5.41. The largest absolute Gasteiger partial charge is 0.487 e. The summed E-state index contributed by atoms with van der Waals surface area (Å²) in [5, 5.41) is 0.192. The van der Waals surface area contributed by atoms with Crippen LogP contribution < -0.4 is 19.8 Å². The van der Waals surface area contributed by atoms with Gasteiger partial charge in [0.15, 0.2) is 5.75 Å². The van der Waals surface area contributed by atoms with Crippen LogP contribution in [0.4, 0.5) is 0 Å². The standard InChI is InChI=1S/C27H22O7/c1-27(2,3)34-20-16-10-15-19-21(20)22(32-24(28)17-11-6-4-7-12-17)23(26(30)31-19)33-25(29)18-13-8-5-9-14-18/h4-16H,1-3H3. The van der Waals surface area contributed by atoms with Crippen LogP contribution in [0.5, 0.6) is 17.2 Å². The van der Waals surface area contributed by atoms with Crippen LogP contribution >= 0.6 is 0 Å². The highest BCUT2D eigenvalue weighted by Gasteiger charge is 2.27. The molecule has 34 heavy (non-hydrogen) atoms. The van der Waals surface area contributed by atoms with E-state index in [-0.39, 0.29) is 27.8 Å². The molecular formula is C27H22O7. The van der Waals surface area contributed by atoms with Gasteiger partial charge < -0.3 is 18.6 Å². The van der Waals surface area contributed by atoms with Crippen LogP contribution in [0.2, 0.25) is 0 Å². The van der Waals surface area contributed by atoms with Gasteiger partial charge in [-0.3, -0.25) is 0 Å². The highest BCUT2D eigenvalue weighted by molar-refractivity contribution is 5.99. The molecule has 4 rings (SSSR count). The molecule has 7 nitrogen and oxygen atoms in total. The highest BCUT2D eigenvalue weighted by atomic mass is 16.6. The number of carbonyl (C=O) groups excluding carboxylic acids is 2. The molecule has 0 N–H and O–H groups in total. The lowest BCUT2D eigenvalue weighted by molar-refractivity contribution is 0.0677. The molecule has 0 aliphatic rings. The SMILES string of the molecule is CC(C)(C)Oc1cccc2oc(=O)c(OC(=O)c3ccccc3)c(OC(=O)c3ccccc3)c12. The zero-order valence-electron chi connectivity index (χ0n) is 18.9. The van der Waals surface area contributed by atoms with E-state index in [2.05, 4.69) is 0 Å². The summed E-state index contributed by atoms with van der Waals surface area (Å²) in [5.74, 6) is -2.06. The Labute approximate surface area is 195 Å². The van der Waals surface area contributed by atoms with Crippen molar-refractivity contribution in [2.45, 2.75) is 26.4 Å². The van der Waals surface area contributed by atoms with Crippen molar-refractivity contribution < 1.29 is 28.2 Å². The topological polar surface area (TPSA) is 92.0 Å². The summed E-state index contributed by atoms with van der Waals surface area (Å²) in [6.07, 6.45) is 0. The van der Waals surface area contributed by atoms with Gasteiger partial charge in [0.2, 0.25) is 0 Å². The minimum atomic E-state index is -0.972. The summed E-state index contributed by atoms with van der Waals surface area (Å²) in [6, 6.07) is 21.2. The van der Waals surface area contributed by atoms with Gasteiger partial charge in [-0.25, -0.2) is 14.4 Å². The first kappa shape index (κ1) is 22.8. The molecule has 0 saturated carbocycles. The first-order valence-electron chi connectivity index (χ1n) is 10.6. The van der Waals surface area contributed by atoms with Gasteiger partial charge >= 0.3 is 17.6 Å². The number of hydrogen-bond acceptors (Lipinski definition) is 7. The van der Waals surface area contributed by atoms with E-state index in [1.165, 1.54) is 18.2 Å². The van der Waals surface area contributed by atoms with Gasteiger partial charge in [0, 0.05) is 0 Å². The number of carbonyl (C=O) groups is 2. The third kappa shape index (κ3) is 4.99. The lowest BCUT2D eigenvalue weighted by atomic mass is 10.1. The second kappa shape index (κ2) is 9.23. The van der Waals surface area contributed by atoms with Crippen molar-refractivity contribution in [1.82, 2.24) is 0 Å². The van der Waals surface area contributed by atoms with E-state index in [0.29, 0.717) is 5.75 Å². The number of esters is 2. The van der Waals surface area contributed by atoms with Gasteiger partial charge in [-0.2, -0.15) is 0 Å². The normalized spacial score (nSPS) is 11.1. The average Bonchev–Trinajstić information content (AvgIpc) is 2.81. The van der Waals surface area contributed by atoms with E-state index in [9.17, 15) is 14.4 Å². The molecule has 0 aliphatic carbocycles. The van der Waals surface area contributed by atoms with E-state index in [4.69, 9.17) is 18.6 Å². The summed E-state index contributed by atoms with van der Waals surface area (Å²) in [4.78, 5) is 38.5. The van der Waals surface area contributed by atoms with E-state index in [1.807, 2.05) is 20.8 Å². The third-order valence-electron chi connectivity index (χ3n) is 4.63. The first-order chi connectivity index (χ1) is 16.2. The Morgan fingerprint density at radius 1 is 0.706 bits per heavy atom. The van der Waals surface area contributed by atoms with Crippen molar-refractivity contribution in [3.63, 3.8) is 0 Å². The average molecular weight is 458 g/mol. The van der Waals surface area contributed by atoms with Crippen LogP contribution in [0.25, 0.3) is 11.0 Å². The fraction of sp³-hybridized carbons (Fsp3) is 0.148. The Balaban J connectivity index is 1.90. The van der Waals surface area contributed by atoms with Gasteiger partial charge in [-0.15, -0.1) is 0 Å². The molecule has 1 aromatic heterocycles. The van der Waals surface area contributed by atoms with Crippen LogP contribution in [0.3, 0.4) is 0 Å². The fourth-order valence-electron chi connectivity index (χ4n) is 3.22. The molecule has 0 fully saturated rings. The summed E-state index contributed by atoms with van der Waals surface area (Å²) in [7, 11) is 0. The molecule has 0 saturated heterocycles. The minimum absolute atomic E-state index is 0.113. The van der Waals surface area contributed by atoms with Crippen molar-refractivity contribution in [2.24, 2.45) is 0 Å². The van der Waals surface area contributed by atoms with Crippen molar-refractivity contribution >= 4 is 22.9 Å². The maximum atomic E-state index is 12.9. The fourth-order valence-corrected chi connectivity index (χ4v) is 3.22. The van der Waals surface area contributed by atoms with E-state index in [1.54, 1.807) is 60.7 Å². The molecule has 0 spiro atoms.